The number of rotatable bonds is 6. The van der Waals surface area contributed by atoms with E-state index in [-0.39, 0.29) is 6.04 Å². The minimum absolute atomic E-state index is 0.100. The predicted octanol–water partition coefficient (Wildman–Crippen LogP) is 0.833. The zero-order valence-corrected chi connectivity index (χ0v) is 9.32. The molecular weight excluding hydrogens is 200 g/mol. The predicted molar refractivity (Wildman–Crippen MR) is 54.3 cm³/mol. The molecule has 6 nitrogen and oxygen atoms in total. The van der Waals surface area contributed by atoms with E-state index >= 15 is 0 Å². The Bertz CT molecular complexity index is 220. The summed E-state index contributed by atoms with van der Waals surface area (Å²) in [7, 11) is 0. The van der Waals surface area contributed by atoms with Gasteiger partial charge in [-0.15, -0.1) is 0 Å². The third kappa shape index (κ3) is 5.21. The molecule has 0 aromatic rings. The average Bonchev–Trinajstić information content (AvgIpc) is 2.18. The van der Waals surface area contributed by atoms with Gasteiger partial charge in [0.2, 0.25) is 0 Å². The van der Waals surface area contributed by atoms with Crippen LogP contribution in [0, 0.1) is 0 Å². The molecule has 1 unspecified atom stereocenters. The standard InChI is InChI=1S/C9H18N2O4/c1-4-7(3)11(5-2)9(14)10-15-6-8(12)13/h7H,4-6H2,1-3H3,(H,10,14)(H,12,13). The minimum Gasteiger partial charge on any atom is -0.479 e. The SMILES string of the molecule is CCC(C)N(CC)C(=O)NOCC(=O)O. The quantitative estimate of drug-likeness (QED) is 0.647. The Hall–Kier alpha value is -1.30. The maximum Gasteiger partial charge on any atom is 0.341 e. The van der Waals surface area contributed by atoms with E-state index in [2.05, 4.69) is 10.3 Å². The molecule has 2 amide bonds. The number of hydrogen-bond acceptors (Lipinski definition) is 3. The van der Waals surface area contributed by atoms with Crippen LogP contribution < -0.4 is 5.48 Å². The first-order valence-corrected chi connectivity index (χ1v) is 4.93. The van der Waals surface area contributed by atoms with Gasteiger partial charge in [-0.2, -0.15) is 0 Å². The highest BCUT2D eigenvalue weighted by molar-refractivity contribution is 5.74. The van der Waals surface area contributed by atoms with Gasteiger partial charge in [0.1, 0.15) is 0 Å². The Labute approximate surface area is 89.2 Å². The lowest BCUT2D eigenvalue weighted by atomic mass is 10.2. The van der Waals surface area contributed by atoms with Crippen molar-refractivity contribution in [1.82, 2.24) is 10.4 Å². The van der Waals surface area contributed by atoms with Gasteiger partial charge in [-0.3, -0.25) is 4.84 Å². The van der Waals surface area contributed by atoms with Gasteiger partial charge in [0.05, 0.1) is 0 Å². The Morgan fingerprint density at radius 1 is 1.47 bits per heavy atom. The van der Waals surface area contributed by atoms with Gasteiger partial charge in [0.15, 0.2) is 6.61 Å². The fourth-order valence-corrected chi connectivity index (χ4v) is 1.09. The second-order valence-corrected chi connectivity index (χ2v) is 3.13. The second kappa shape index (κ2) is 7.05. The highest BCUT2D eigenvalue weighted by Gasteiger charge is 2.16. The van der Waals surface area contributed by atoms with Crippen molar-refractivity contribution in [2.24, 2.45) is 0 Å². The van der Waals surface area contributed by atoms with Crippen molar-refractivity contribution in [2.75, 3.05) is 13.2 Å². The van der Waals surface area contributed by atoms with E-state index in [0.717, 1.165) is 6.42 Å². The van der Waals surface area contributed by atoms with Crippen molar-refractivity contribution in [3.05, 3.63) is 0 Å². The van der Waals surface area contributed by atoms with E-state index in [4.69, 9.17) is 5.11 Å². The summed E-state index contributed by atoms with van der Waals surface area (Å²) in [6.07, 6.45) is 0.834. The molecule has 88 valence electrons. The van der Waals surface area contributed by atoms with Crippen molar-refractivity contribution in [2.45, 2.75) is 33.2 Å². The van der Waals surface area contributed by atoms with Crippen LogP contribution in [-0.4, -0.2) is 41.2 Å². The molecule has 0 fully saturated rings. The molecule has 0 rings (SSSR count). The molecule has 0 saturated heterocycles. The van der Waals surface area contributed by atoms with Crippen molar-refractivity contribution in [3.63, 3.8) is 0 Å². The van der Waals surface area contributed by atoms with Gasteiger partial charge in [0, 0.05) is 12.6 Å². The maximum absolute atomic E-state index is 11.5. The molecule has 0 aliphatic heterocycles. The molecule has 6 heteroatoms. The van der Waals surface area contributed by atoms with Crippen LogP contribution in [0.2, 0.25) is 0 Å². The summed E-state index contributed by atoms with van der Waals surface area (Å²) in [5.41, 5.74) is 2.09. The van der Waals surface area contributed by atoms with Gasteiger partial charge in [-0.25, -0.2) is 15.1 Å². The number of carbonyl (C=O) groups excluding carboxylic acids is 1. The van der Waals surface area contributed by atoms with Crippen LogP contribution in [0.15, 0.2) is 0 Å². The van der Waals surface area contributed by atoms with Gasteiger partial charge < -0.3 is 10.0 Å². The second-order valence-electron chi connectivity index (χ2n) is 3.13. The number of hydroxylamine groups is 1. The Morgan fingerprint density at radius 2 is 2.07 bits per heavy atom. The molecule has 0 bridgehead atoms. The number of carboxylic acid groups (broad SMARTS) is 1. The van der Waals surface area contributed by atoms with Gasteiger partial charge in [0.25, 0.3) is 0 Å². The summed E-state index contributed by atoms with van der Waals surface area (Å²) in [4.78, 5) is 27.6. The van der Waals surface area contributed by atoms with E-state index in [1.165, 1.54) is 0 Å². The average molecular weight is 218 g/mol. The molecule has 0 radical (unpaired) electrons. The number of nitrogens with one attached hydrogen (secondary N) is 1. The first-order valence-electron chi connectivity index (χ1n) is 4.93. The third-order valence-corrected chi connectivity index (χ3v) is 2.08. The zero-order chi connectivity index (χ0) is 11.8. The Kier molecular flexibility index (Phi) is 6.44. The summed E-state index contributed by atoms with van der Waals surface area (Å²) in [6, 6.07) is -0.309. The number of hydrogen-bond donors (Lipinski definition) is 2. The monoisotopic (exact) mass is 218 g/mol. The van der Waals surface area contributed by atoms with Crippen molar-refractivity contribution in [3.8, 4) is 0 Å². The van der Waals surface area contributed by atoms with Crippen molar-refractivity contribution >= 4 is 12.0 Å². The highest BCUT2D eigenvalue weighted by Crippen LogP contribution is 2.02. The fraction of sp³-hybridized carbons (Fsp3) is 0.778. The number of nitrogens with zero attached hydrogens (tertiary/aromatic N) is 1. The summed E-state index contributed by atoms with van der Waals surface area (Å²) in [5, 5.41) is 8.29. The topological polar surface area (TPSA) is 78.9 Å². The molecule has 0 saturated carbocycles. The molecule has 15 heavy (non-hydrogen) atoms. The fourth-order valence-electron chi connectivity index (χ4n) is 1.09. The molecule has 0 heterocycles. The molecule has 0 aliphatic carbocycles. The van der Waals surface area contributed by atoms with Crippen LogP contribution in [0.5, 0.6) is 0 Å². The molecule has 0 aromatic heterocycles. The molecule has 2 N–H and O–H groups in total. The van der Waals surface area contributed by atoms with Crippen LogP contribution in [0.1, 0.15) is 27.2 Å². The Morgan fingerprint density at radius 3 is 2.47 bits per heavy atom. The lowest BCUT2D eigenvalue weighted by Crippen LogP contribution is -2.45. The summed E-state index contributed by atoms with van der Waals surface area (Å²) < 4.78 is 0. The van der Waals surface area contributed by atoms with E-state index in [9.17, 15) is 9.59 Å². The first kappa shape index (κ1) is 13.7. The molecule has 0 spiro atoms. The lowest BCUT2D eigenvalue weighted by molar-refractivity contribution is -0.144. The maximum atomic E-state index is 11.5. The van der Waals surface area contributed by atoms with Gasteiger partial charge >= 0.3 is 12.0 Å². The lowest BCUT2D eigenvalue weighted by Gasteiger charge is -2.26. The van der Waals surface area contributed by atoms with Crippen LogP contribution in [-0.2, 0) is 9.63 Å². The molecule has 0 aromatic carbocycles. The number of carbonyl (C=O) groups is 2. The number of amides is 2. The number of aliphatic carboxylic acids is 1. The van der Waals surface area contributed by atoms with Gasteiger partial charge in [-0.1, -0.05) is 6.92 Å². The van der Waals surface area contributed by atoms with E-state index in [0.29, 0.717) is 6.54 Å². The van der Waals surface area contributed by atoms with E-state index in [1.54, 1.807) is 4.90 Å². The number of urea groups is 1. The molecule has 1 atom stereocenters. The number of carboxylic acids is 1. The van der Waals surface area contributed by atoms with Crippen molar-refractivity contribution < 1.29 is 19.5 Å². The Balaban J connectivity index is 3.99. The molecular formula is C9H18N2O4. The van der Waals surface area contributed by atoms with E-state index < -0.39 is 18.6 Å². The minimum atomic E-state index is -1.12. The normalized spacial score (nSPS) is 11.9. The third-order valence-electron chi connectivity index (χ3n) is 2.08. The largest absolute Gasteiger partial charge is 0.479 e. The smallest absolute Gasteiger partial charge is 0.341 e. The highest BCUT2D eigenvalue weighted by atomic mass is 16.7. The van der Waals surface area contributed by atoms with Crippen LogP contribution in [0.4, 0.5) is 4.79 Å². The summed E-state index contributed by atoms with van der Waals surface area (Å²) >= 11 is 0. The first-order chi connectivity index (χ1) is 7.02. The van der Waals surface area contributed by atoms with Gasteiger partial charge in [-0.05, 0) is 20.3 Å². The van der Waals surface area contributed by atoms with Crippen molar-refractivity contribution in [1.29, 1.82) is 0 Å². The summed E-state index contributed by atoms with van der Waals surface area (Å²) in [5.74, 6) is -1.12. The van der Waals surface area contributed by atoms with Crippen LogP contribution >= 0.6 is 0 Å². The van der Waals surface area contributed by atoms with E-state index in [1.807, 2.05) is 20.8 Å². The molecule has 0 aliphatic rings. The zero-order valence-electron chi connectivity index (χ0n) is 9.32. The summed E-state index contributed by atoms with van der Waals surface area (Å²) in [6.45, 7) is 5.75. The van der Waals surface area contributed by atoms with Crippen LogP contribution in [0.25, 0.3) is 0 Å². The van der Waals surface area contributed by atoms with Crippen LogP contribution in [0.3, 0.4) is 0 Å².